The van der Waals surface area contributed by atoms with Gasteiger partial charge in [0.1, 0.15) is 18.8 Å². The maximum absolute atomic E-state index is 11.7. The van der Waals surface area contributed by atoms with Gasteiger partial charge in [0.25, 0.3) is 0 Å². The topological polar surface area (TPSA) is 54.0 Å². The van der Waals surface area contributed by atoms with Crippen LogP contribution in [0, 0.1) is 5.92 Å². The van der Waals surface area contributed by atoms with Crippen LogP contribution in [0.4, 0.5) is 0 Å². The third-order valence-corrected chi connectivity index (χ3v) is 2.63. The van der Waals surface area contributed by atoms with E-state index in [-0.39, 0.29) is 0 Å². The first kappa shape index (κ1) is 13.5. The van der Waals surface area contributed by atoms with Gasteiger partial charge in [-0.3, -0.25) is 0 Å². The number of ether oxygens (including phenoxy) is 4. The number of carbonyl (C=O) groups is 1. The lowest BCUT2D eigenvalue weighted by molar-refractivity contribution is 0.0589. The molecule has 0 spiro atoms. The van der Waals surface area contributed by atoms with Gasteiger partial charge in [-0.1, -0.05) is 13.8 Å². The number of benzene rings is 1. The van der Waals surface area contributed by atoms with Crippen LogP contribution >= 0.6 is 0 Å². The molecule has 1 aromatic carbocycles. The van der Waals surface area contributed by atoms with Crippen molar-refractivity contribution < 1.29 is 23.7 Å². The summed E-state index contributed by atoms with van der Waals surface area (Å²) in [5, 5.41) is 0. The molecule has 2 rings (SSSR count). The van der Waals surface area contributed by atoms with Crippen molar-refractivity contribution in [1.82, 2.24) is 0 Å². The molecule has 1 aliphatic rings. The lowest BCUT2D eigenvalue weighted by atomic mass is 10.1. The van der Waals surface area contributed by atoms with Gasteiger partial charge in [0.05, 0.1) is 13.7 Å². The van der Waals surface area contributed by atoms with E-state index < -0.39 is 5.97 Å². The molecule has 104 valence electrons. The molecule has 0 saturated carbocycles. The lowest BCUT2D eigenvalue weighted by Gasteiger charge is -2.23. The summed E-state index contributed by atoms with van der Waals surface area (Å²) in [6.45, 7) is 5.55. The maximum Gasteiger partial charge on any atom is 0.341 e. The van der Waals surface area contributed by atoms with Crippen LogP contribution < -0.4 is 14.2 Å². The molecule has 0 fully saturated rings. The highest BCUT2D eigenvalue weighted by atomic mass is 16.6. The Balaban J connectivity index is 2.34. The monoisotopic (exact) mass is 266 g/mol. The molecule has 1 aliphatic heterocycles. The summed E-state index contributed by atoms with van der Waals surface area (Å²) in [5.74, 6) is 1.43. The molecule has 0 N–H and O–H groups in total. The second-order valence-corrected chi connectivity index (χ2v) is 4.66. The number of rotatable bonds is 4. The molecule has 0 radical (unpaired) electrons. The quantitative estimate of drug-likeness (QED) is 0.782. The average Bonchev–Trinajstić information content (AvgIpc) is 2.43. The predicted molar refractivity (Wildman–Crippen MR) is 69.1 cm³/mol. The summed E-state index contributed by atoms with van der Waals surface area (Å²) in [6.07, 6.45) is 0. The van der Waals surface area contributed by atoms with Crippen LogP contribution in [0.1, 0.15) is 24.2 Å². The van der Waals surface area contributed by atoms with Gasteiger partial charge in [-0.15, -0.1) is 0 Å². The van der Waals surface area contributed by atoms with E-state index in [4.69, 9.17) is 18.9 Å². The number of hydrogen-bond acceptors (Lipinski definition) is 5. The van der Waals surface area contributed by atoms with E-state index in [0.717, 1.165) is 0 Å². The minimum Gasteiger partial charge on any atom is -0.489 e. The summed E-state index contributed by atoms with van der Waals surface area (Å²) in [4.78, 5) is 11.7. The van der Waals surface area contributed by atoms with Crippen molar-refractivity contribution in [3.63, 3.8) is 0 Å². The summed E-state index contributed by atoms with van der Waals surface area (Å²) in [6, 6.07) is 3.34. The zero-order valence-corrected chi connectivity index (χ0v) is 11.4. The second-order valence-electron chi connectivity index (χ2n) is 4.66. The molecule has 0 amide bonds. The molecule has 0 aromatic heterocycles. The fourth-order valence-electron chi connectivity index (χ4n) is 1.75. The van der Waals surface area contributed by atoms with E-state index in [1.54, 1.807) is 12.1 Å². The van der Waals surface area contributed by atoms with Gasteiger partial charge in [0.2, 0.25) is 5.75 Å². The van der Waals surface area contributed by atoms with Crippen molar-refractivity contribution in [2.24, 2.45) is 5.92 Å². The van der Waals surface area contributed by atoms with Crippen molar-refractivity contribution in [2.75, 3.05) is 26.9 Å². The van der Waals surface area contributed by atoms with Gasteiger partial charge < -0.3 is 18.9 Å². The molecule has 19 heavy (non-hydrogen) atoms. The van der Waals surface area contributed by atoms with Crippen molar-refractivity contribution in [3.8, 4) is 17.2 Å². The summed E-state index contributed by atoms with van der Waals surface area (Å²) < 4.78 is 21.5. The minimum absolute atomic E-state index is 0.356. The van der Waals surface area contributed by atoms with E-state index in [1.807, 2.05) is 0 Å². The van der Waals surface area contributed by atoms with Crippen LogP contribution in [0.5, 0.6) is 17.2 Å². The van der Waals surface area contributed by atoms with Gasteiger partial charge >= 0.3 is 5.97 Å². The number of esters is 1. The Morgan fingerprint density at radius 1 is 1.26 bits per heavy atom. The molecule has 5 nitrogen and oxygen atoms in total. The summed E-state index contributed by atoms with van der Waals surface area (Å²) in [7, 11) is 1.33. The highest BCUT2D eigenvalue weighted by Gasteiger charge is 2.25. The predicted octanol–water partition coefficient (Wildman–Crippen LogP) is 2.28. The van der Waals surface area contributed by atoms with Gasteiger partial charge in [0, 0.05) is 0 Å². The molecular weight excluding hydrogens is 248 g/mol. The molecule has 1 heterocycles. The Bertz CT molecular complexity index is 467. The van der Waals surface area contributed by atoms with Gasteiger partial charge in [-0.2, -0.15) is 0 Å². The van der Waals surface area contributed by atoms with E-state index in [0.29, 0.717) is 48.6 Å². The van der Waals surface area contributed by atoms with Crippen LogP contribution in [-0.4, -0.2) is 32.9 Å². The Hall–Kier alpha value is -1.91. The van der Waals surface area contributed by atoms with E-state index in [9.17, 15) is 4.79 Å². The Kier molecular flexibility index (Phi) is 4.14. The van der Waals surface area contributed by atoms with Crippen molar-refractivity contribution in [1.29, 1.82) is 0 Å². The first-order chi connectivity index (χ1) is 9.13. The number of hydrogen-bond donors (Lipinski definition) is 0. The fraction of sp³-hybridized carbons (Fsp3) is 0.500. The van der Waals surface area contributed by atoms with Crippen LogP contribution in [0.2, 0.25) is 0 Å². The normalized spacial score (nSPS) is 13.3. The van der Waals surface area contributed by atoms with Crippen molar-refractivity contribution in [2.45, 2.75) is 13.8 Å². The van der Waals surface area contributed by atoms with Crippen molar-refractivity contribution in [3.05, 3.63) is 17.7 Å². The molecule has 0 bridgehead atoms. The highest BCUT2D eigenvalue weighted by molar-refractivity contribution is 5.94. The largest absolute Gasteiger partial charge is 0.489 e. The first-order valence-corrected chi connectivity index (χ1v) is 6.27. The third-order valence-electron chi connectivity index (χ3n) is 2.63. The first-order valence-electron chi connectivity index (χ1n) is 6.27. The number of carbonyl (C=O) groups excluding carboxylic acids is 1. The standard InChI is InChI=1S/C14H18O5/c1-9(2)8-19-11-5-4-10(14(15)16-3)12-13(11)18-7-6-17-12/h4-5,9H,6-8H2,1-3H3. The number of methoxy groups -OCH3 is 1. The smallest absolute Gasteiger partial charge is 0.341 e. The molecule has 1 aromatic rings. The second kappa shape index (κ2) is 5.82. The Morgan fingerprint density at radius 3 is 2.58 bits per heavy atom. The molecule has 0 saturated heterocycles. The van der Waals surface area contributed by atoms with E-state index in [1.165, 1.54) is 7.11 Å². The van der Waals surface area contributed by atoms with E-state index >= 15 is 0 Å². The highest BCUT2D eigenvalue weighted by Crippen LogP contribution is 2.42. The fourth-order valence-corrected chi connectivity index (χ4v) is 1.75. The molecule has 0 aliphatic carbocycles. The third kappa shape index (κ3) is 2.92. The SMILES string of the molecule is COC(=O)c1ccc(OCC(C)C)c2c1OCCO2. The zero-order chi connectivity index (χ0) is 13.8. The van der Waals surface area contributed by atoms with Gasteiger partial charge in [-0.25, -0.2) is 4.79 Å². The van der Waals surface area contributed by atoms with Gasteiger partial charge in [0.15, 0.2) is 11.5 Å². The van der Waals surface area contributed by atoms with Gasteiger partial charge in [-0.05, 0) is 18.1 Å². The summed E-state index contributed by atoms with van der Waals surface area (Å²) >= 11 is 0. The molecule has 0 unspecified atom stereocenters. The maximum atomic E-state index is 11.7. The van der Waals surface area contributed by atoms with Crippen LogP contribution in [0.25, 0.3) is 0 Å². The molecular formula is C14H18O5. The van der Waals surface area contributed by atoms with Crippen LogP contribution in [0.15, 0.2) is 12.1 Å². The Morgan fingerprint density at radius 2 is 1.95 bits per heavy atom. The zero-order valence-electron chi connectivity index (χ0n) is 11.4. The minimum atomic E-state index is -0.447. The lowest BCUT2D eigenvalue weighted by Crippen LogP contribution is -2.19. The summed E-state index contributed by atoms with van der Waals surface area (Å²) in [5.41, 5.74) is 0.356. The van der Waals surface area contributed by atoms with Crippen LogP contribution in [0.3, 0.4) is 0 Å². The number of fused-ring (bicyclic) bond motifs is 1. The molecule has 5 heteroatoms. The van der Waals surface area contributed by atoms with Crippen LogP contribution in [-0.2, 0) is 4.74 Å². The average molecular weight is 266 g/mol. The van der Waals surface area contributed by atoms with Crippen molar-refractivity contribution >= 4 is 5.97 Å². The Labute approximate surface area is 112 Å². The molecule has 0 atom stereocenters. The van der Waals surface area contributed by atoms with E-state index in [2.05, 4.69) is 13.8 Å².